The van der Waals surface area contributed by atoms with Crippen LogP contribution in [0.3, 0.4) is 0 Å². The molecule has 0 saturated carbocycles. The van der Waals surface area contributed by atoms with E-state index < -0.39 is 0 Å². The zero-order valence-electron chi connectivity index (χ0n) is 9.94. The second-order valence-corrected chi connectivity index (χ2v) is 8.49. The van der Waals surface area contributed by atoms with E-state index >= 15 is 0 Å². The van der Waals surface area contributed by atoms with Gasteiger partial charge in [-0.2, -0.15) is 0 Å². The van der Waals surface area contributed by atoms with Gasteiger partial charge < -0.3 is 17.6 Å². The average Bonchev–Trinajstić information content (AvgIpc) is 2.59. The third-order valence-electron chi connectivity index (χ3n) is 2.14. The van der Waals surface area contributed by atoms with E-state index in [0.717, 1.165) is 13.2 Å². The van der Waals surface area contributed by atoms with Gasteiger partial charge in [0.05, 0.1) is 0 Å². The maximum atomic E-state index is 4.94. The number of halogens is 1. The van der Waals surface area contributed by atoms with Gasteiger partial charge >= 0.3 is 18.2 Å². The van der Waals surface area contributed by atoms with Gasteiger partial charge in [-0.3, -0.25) is 0 Å². The van der Waals surface area contributed by atoms with Crippen molar-refractivity contribution >= 4 is 31.1 Å². The Morgan fingerprint density at radius 3 is 2.07 bits per heavy atom. The van der Waals surface area contributed by atoms with Crippen molar-refractivity contribution in [1.82, 2.24) is 0 Å². The average molecular weight is 276 g/mol. The molecule has 1 aliphatic rings. The van der Waals surface area contributed by atoms with Crippen molar-refractivity contribution in [1.29, 1.82) is 0 Å². The van der Waals surface area contributed by atoms with E-state index in [1.54, 1.807) is 0 Å². The number of rotatable bonds is 3. The third-order valence-corrected chi connectivity index (χ3v) is 4.59. The minimum atomic E-state index is 0.158. The predicted octanol–water partition coefficient (Wildman–Crippen LogP) is 4.04. The molecule has 3 heteroatoms. The summed E-state index contributed by atoms with van der Waals surface area (Å²) in [6.07, 6.45) is 5.35. The largest absolute Gasteiger partial charge is 0.468 e. The first-order valence-electron chi connectivity index (χ1n) is 5.70. The molecule has 0 aromatic rings. The fourth-order valence-electron chi connectivity index (χ4n) is 1.26. The van der Waals surface area contributed by atoms with Crippen molar-refractivity contribution < 1.29 is 4.74 Å². The lowest BCUT2D eigenvalue weighted by Gasteiger charge is -2.16. The van der Waals surface area contributed by atoms with Gasteiger partial charge in [0.15, 0.2) is 0 Å². The van der Waals surface area contributed by atoms with Gasteiger partial charge in [0, 0.05) is 13.2 Å². The maximum Gasteiger partial charge on any atom is 0.468 e. The summed E-state index contributed by atoms with van der Waals surface area (Å²) in [6, 6.07) is 0. The Kier molecular flexibility index (Phi) is 10.2. The fourth-order valence-corrected chi connectivity index (χ4v) is 2.89. The molecule has 14 heavy (non-hydrogen) atoms. The lowest BCUT2D eigenvalue weighted by atomic mass is 9.91. The Morgan fingerprint density at radius 2 is 1.79 bits per heavy atom. The summed E-state index contributed by atoms with van der Waals surface area (Å²) in [4.78, 5) is 0. The molecule has 0 atom stereocenters. The molecule has 0 N–H and O–H groups in total. The van der Waals surface area contributed by atoms with Crippen LogP contribution in [0.5, 0.6) is 0 Å². The minimum Gasteiger partial charge on any atom is -0.381 e. The molecule has 0 bridgehead atoms. The molecule has 1 saturated heterocycles. The minimum absolute atomic E-state index is 0.158. The number of hydrogen-bond acceptors (Lipinski definition) is 1. The molecule has 0 aromatic heterocycles. The van der Waals surface area contributed by atoms with Crippen LogP contribution in [0.2, 0.25) is 4.55 Å². The molecule has 1 rings (SSSR count). The second-order valence-electron chi connectivity index (χ2n) is 5.03. The Bertz CT molecular complexity index is 111. The summed E-state index contributed by atoms with van der Waals surface area (Å²) in [5.74, 6) is 0. The van der Waals surface area contributed by atoms with Gasteiger partial charge in [0.1, 0.15) is 0 Å². The van der Waals surface area contributed by atoms with Crippen LogP contribution in [-0.4, -0.2) is 31.4 Å². The van der Waals surface area contributed by atoms with Crippen LogP contribution < -0.4 is 0 Å². The van der Waals surface area contributed by atoms with Crippen LogP contribution >= 0.6 is 12.9 Å². The normalized spacial score (nSPS) is 15.7. The van der Waals surface area contributed by atoms with Gasteiger partial charge in [-0.05, 0) is 18.3 Å². The third kappa shape index (κ3) is 13.2. The highest BCUT2D eigenvalue weighted by Crippen LogP contribution is 2.21. The van der Waals surface area contributed by atoms with Crippen molar-refractivity contribution in [3.05, 3.63) is 0 Å². The van der Waals surface area contributed by atoms with Crippen LogP contribution in [0, 0.1) is 5.41 Å². The fraction of sp³-hybridized carbons (Fsp3) is 1.00. The van der Waals surface area contributed by atoms with Crippen molar-refractivity contribution in [3.8, 4) is 0 Å². The molecule has 1 nitrogen and oxygen atoms in total. The van der Waals surface area contributed by atoms with E-state index in [9.17, 15) is 0 Å². The molecule has 0 aliphatic carbocycles. The van der Waals surface area contributed by atoms with E-state index in [0.29, 0.717) is 5.41 Å². The second kappa shape index (κ2) is 9.43. The van der Waals surface area contributed by atoms with E-state index in [-0.39, 0.29) is 18.2 Å². The van der Waals surface area contributed by atoms with Crippen LogP contribution in [-0.2, 0) is 4.74 Å². The van der Waals surface area contributed by atoms with Gasteiger partial charge in [0.2, 0.25) is 0 Å². The SMILES string of the molecule is C1CCOC1.CC(C)(C)CC[CH2][Mg][Br]. The summed E-state index contributed by atoms with van der Waals surface area (Å²) in [6.45, 7) is 8.92. The van der Waals surface area contributed by atoms with E-state index in [4.69, 9.17) is 4.74 Å². The highest BCUT2D eigenvalue weighted by atomic mass is 79.9. The highest BCUT2D eigenvalue weighted by molar-refractivity contribution is 9.23. The Balaban J connectivity index is 0.000000280. The molecule has 0 radical (unpaired) electrons. The first kappa shape index (κ1) is 15.2. The quantitative estimate of drug-likeness (QED) is 0.558. The molecule has 1 aliphatic heterocycles. The molecular formula is C11H23BrMgO. The van der Waals surface area contributed by atoms with Crippen molar-refractivity contribution in [2.24, 2.45) is 5.41 Å². The van der Waals surface area contributed by atoms with E-state index in [1.807, 2.05) is 0 Å². The Hall–Kier alpha value is 1.21. The standard InChI is InChI=1S/C7H15.C4H8O.BrH.Mg/c1-5-6-7(2,3)4;1-2-4-5-3-1;;/h1,5-6H2,2-4H3;1-4H2;1H;/q;;;+1/p-1. The topological polar surface area (TPSA) is 9.23 Å². The smallest absolute Gasteiger partial charge is 0.381 e. The van der Waals surface area contributed by atoms with E-state index in [1.165, 1.54) is 30.2 Å². The monoisotopic (exact) mass is 274 g/mol. The zero-order chi connectivity index (χ0) is 10.9. The molecule has 0 spiro atoms. The maximum absolute atomic E-state index is 4.94. The highest BCUT2D eigenvalue weighted by Gasteiger charge is 2.08. The zero-order valence-corrected chi connectivity index (χ0v) is 12.9. The van der Waals surface area contributed by atoms with Crippen LogP contribution in [0.1, 0.15) is 46.5 Å². The summed E-state index contributed by atoms with van der Waals surface area (Å²) >= 11 is 3.71. The summed E-state index contributed by atoms with van der Waals surface area (Å²) in [5, 5.41) is 0. The van der Waals surface area contributed by atoms with E-state index in [2.05, 4.69) is 33.7 Å². The van der Waals surface area contributed by atoms with Gasteiger partial charge in [-0.1, -0.05) is 33.6 Å². The van der Waals surface area contributed by atoms with Crippen molar-refractivity contribution in [3.63, 3.8) is 0 Å². The predicted molar refractivity (Wildman–Crippen MR) is 68.2 cm³/mol. The molecule has 1 fully saturated rings. The molecule has 1 heterocycles. The van der Waals surface area contributed by atoms with Gasteiger partial charge in [-0.25, -0.2) is 0 Å². The Labute approximate surface area is 105 Å². The molecule has 0 unspecified atom stereocenters. The Morgan fingerprint density at radius 1 is 1.21 bits per heavy atom. The molecular weight excluding hydrogens is 252 g/mol. The van der Waals surface area contributed by atoms with Crippen LogP contribution in [0.4, 0.5) is 0 Å². The first-order valence-corrected chi connectivity index (χ1v) is 10.6. The summed E-state index contributed by atoms with van der Waals surface area (Å²) in [5.41, 5.74) is 0.552. The lowest BCUT2D eigenvalue weighted by Crippen LogP contribution is -2.03. The number of ether oxygens (including phenoxy) is 1. The van der Waals surface area contributed by atoms with Crippen LogP contribution in [0.25, 0.3) is 0 Å². The van der Waals surface area contributed by atoms with Crippen LogP contribution in [0.15, 0.2) is 0 Å². The summed E-state index contributed by atoms with van der Waals surface area (Å²) < 4.78 is 6.40. The lowest BCUT2D eigenvalue weighted by molar-refractivity contribution is 0.198. The number of hydrogen-bond donors (Lipinski definition) is 0. The van der Waals surface area contributed by atoms with Crippen molar-refractivity contribution in [2.75, 3.05) is 13.2 Å². The van der Waals surface area contributed by atoms with Gasteiger partial charge in [-0.15, -0.1) is 4.55 Å². The molecule has 0 aromatic carbocycles. The van der Waals surface area contributed by atoms with Gasteiger partial charge in [0.25, 0.3) is 0 Å². The summed E-state index contributed by atoms with van der Waals surface area (Å²) in [7, 11) is 0. The first-order chi connectivity index (χ1) is 6.56. The molecule has 82 valence electrons. The van der Waals surface area contributed by atoms with Crippen molar-refractivity contribution in [2.45, 2.75) is 51.0 Å². The molecule has 0 amide bonds.